The zero-order valence-electron chi connectivity index (χ0n) is 6.71. The first kappa shape index (κ1) is 10.4. The minimum atomic E-state index is 0.386. The molecule has 0 unspecified atom stereocenters. The van der Waals surface area contributed by atoms with Gasteiger partial charge in [-0.2, -0.15) is 0 Å². The Morgan fingerprint density at radius 3 is 2.55 bits per heavy atom. The second-order valence-corrected chi connectivity index (χ2v) is 2.01. The highest BCUT2D eigenvalue weighted by Crippen LogP contribution is 1.83. The highest BCUT2D eigenvalue weighted by atomic mass is 16.5. The SMILES string of the molecule is C#CCOCCCOCCN. The Hall–Kier alpha value is -0.560. The first-order valence-electron chi connectivity index (χ1n) is 3.71. The van der Waals surface area contributed by atoms with Crippen molar-refractivity contribution in [2.75, 3.05) is 33.0 Å². The van der Waals surface area contributed by atoms with Gasteiger partial charge in [-0.3, -0.25) is 0 Å². The van der Waals surface area contributed by atoms with Crippen molar-refractivity contribution in [3.8, 4) is 12.3 Å². The van der Waals surface area contributed by atoms with Gasteiger partial charge in [0, 0.05) is 13.2 Å². The molecule has 0 spiro atoms. The molecule has 0 rings (SSSR count). The molecule has 0 aromatic rings. The summed E-state index contributed by atoms with van der Waals surface area (Å²) in [4.78, 5) is 0. The van der Waals surface area contributed by atoms with Crippen molar-refractivity contribution in [3.63, 3.8) is 0 Å². The molecule has 0 aliphatic heterocycles. The highest BCUT2D eigenvalue weighted by molar-refractivity contribution is 4.82. The van der Waals surface area contributed by atoms with E-state index in [1.54, 1.807) is 0 Å². The second-order valence-electron chi connectivity index (χ2n) is 2.01. The van der Waals surface area contributed by atoms with E-state index in [0.717, 1.165) is 6.42 Å². The smallest absolute Gasteiger partial charge is 0.107 e. The van der Waals surface area contributed by atoms with Gasteiger partial charge in [0.15, 0.2) is 0 Å². The van der Waals surface area contributed by atoms with Gasteiger partial charge < -0.3 is 15.2 Å². The van der Waals surface area contributed by atoms with Crippen molar-refractivity contribution in [1.29, 1.82) is 0 Å². The molecular weight excluding hydrogens is 142 g/mol. The molecule has 0 aromatic carbocycles. The van der Waals surface area contributed by atoms with E-state index >= 15 is 0 Å². The third-order valence-electron chi connectivity index (χ3n) is 1.02. The van der Waals surface area contributed by atoms with E-state index in [2.05, 4.69) is 5.92 Å². The average molecular weight is 157 g/mol. The molecule has 0 saturated heterocycles. The fraction of sp³-hybridized carbons (Fsp3) is 0.750. The summed E-state index contributed by atoms with van der Waals surface area (Å²) >= 11 is 0. The fourth-order valence-electron chi connectivity index (χ4n) is 0.580. The third-order valence-corrected chi connectivity index (χ3v) is 1.02. The lowest BCUT2D eigenvalue weighted by Crippen LogP contribution is -2.10. The van der Waals surface area contributed by atoms with E-state index < -0.39 is 0 Å². The van der Waals surface area contributed by atoms with Crippen LogP contribution >= 0.6 is 0 Å². The Kier molecular flexibility index (Phi) is 8.96. The Morgan fingerprint density at radius 2 is 1.91 bits per heavy atom. The molecule has 0 saturated carbocycles. The van der Waals surface area contributed by atoms with Crippen molar-refractivity contribution in [2.24, 2.45) is 5.73 Å². The van der Waals surface area contributed by atoms with Crippen molar-refractivity contribution in [2.45, 2.75) is 6.42 Å². The van der Waals surface area contributed by atoms with Crippen molar-refractivity contribution < 1.29 is 9.47 Å². The average Bonchev–Trinajstić information content (AvgIpc) is 2.03. The van der Waals surface area contributed by atoms with Crippen LogP contribution in [0.5, 0.6) is 0 Å². The molecule has 2 N–H and O–H groups in total. The maximum absolute atomic E-state index is 5.21. The van der Waals surface area contributed by atoms with Gasteiger partial charge in [-0.15, -0.1) is 6.42 Å². The maximum Gasteiger partial charge on any atom is 0.107 e. The highest BCUT2D eigenvalue weighted by Gasteiger charge is 1.87. The topological polar surface area (TPSA) is 44.5 Å². The number of ether oxygens (including phenoxy) is 2. The summed E-state index contributed by atoms with van der Waals surface area (Å²) in [5, 5.41) is 0. The Morgan fingerprint density at radius 1 is 1.18 bits per heavy atom. The molecule has 11 heavy (non-hydrogen) atoms. The normalized spacial score (nSPS) is 9.45. The van der Waals surface area contributed by atoms with E-state index in [-0.39, 0.29) is 0 Å². The molecule has 0 aliphatic rings. The lowest BCUT2D eigenvalue weighted by atomic mass is 10.5. The van der Waals surface area contributed by atoms with Crippen LogP contribution < -0.4 is 5.73 Å². The van der Waals surface area contributed by atoms with Crippen LogP contribution in [0.4, 0.5) is 0 Å². The van der Waals surface area contributed by atoms with Crippen LogP contribution in [-0.4, -0.2) is 33.0 Å². The van der Waals surface area contributed by atoms with Crippen LogP contribution in [0, 0.1) is 12.3 Å². The van der Waals surface area contributed by atoms with Gasteiger partial charge >= 0.3 is 0 Å². The predicted molar refractivity (Wildman–Crippen MR) is 44.1 cm³/mol. The number of terminal acetylenes is 1. The molecule has 64 valence electrons. The lowest BCUT2D eigenvalue weighted by molar-refractivity contribution is 0.0986. The zero-order chi connectivity index (χ0) is 8.36. The molecular formula is C8H15NO2. The van der Waals surface area contributed by atoms with Gasteiger partial charge in [-0.1, -0.05) is 5.92 Å². The first-order chi connectivity index (χ1) is 5.41. The molecule has 0 bridgehead atoms. The standard InChI is InChI=1S/C8H15NO2/c1-2-5-10-6-3-7-11-8-4-9/h1H,3-9H2. The molecule has 0 aliphatic carbocycles. The van der Waals surface area contributed by atoms with Gasteiger partial charge in [0.25, 0.3) is 0 Å². The number of rotatable bonds is 7. The van der Waals surface area contributed by atoms with Crippen LogP contribution in [0.2, 0.25) is 0 Å². The summed E-state index contributed by atoms with van der Waals surface area (Å²) in [6.07, 6.45) is 5.84. The predicted octanol–water partition coefficient (Wildman–Crippen LogP) is 0.00160. The van der Waals surface area contributed by atoms with Crippen LogP contribution in [0.1, 0.15) is 6.42 Å². The molecule has 0 amide bonds. The lowest BCUT2D eigenvalue weighted by Gasteiger charge is -2.01. The Labute approximate surface area is 67.9 Å². The quantitative estimate of drug-likeness (QED) is 0.418. The van der Waals surface area contributed by atoms with Gasteiger partial charge in [-0.05, 0) is 6.42 Å². The molecule has 0 aromatic heterocycles. The Bertz CT molecular complexity index is 109. The summed E-state index contributed by atoms with van der Waals surface area (Å²) in [5.41, 5.74) is 5.21. The fourth-order valence-corrected chi connectivity index (χ4v) is 0.580. The molecule has 0 radical (unpaired) electrons. The molecule has 0 atom stereocenters. The van der Waals surface area contributed by atoms with Crippen LogP contribution in [0.3, 0.4) is 0 Å². The zero-order valence-corrected chi connectivity index (χ0v) is 6.71. The van der Waals surface area contributed by atoms with Gasteiger partial charge in [0.2, 0.25) is 0 Å². The first-order valence-corrected chi connectivity index (χ1v) is 3.71. The maximum atomic E-state index is 5.21. The Balaban J connectivity index is 2.75. The largest absolute Gasteiger partial charge is 0.380 e. The van der Waals surface area contributed by atoms with Crippen LogP contribution in [0.25, 0.3) is 0 Å². The van der Waals surface area contributed by atoms with Crippen molar-refractivity contribution in [3.05, 3.63) is 0 Å². The van der Waals surface area contributed by atoms with Gasteiger partial charge in [0.05, 0.1) is 13.2 Å². The molecule has 3 nitrogen and oxygen atoms in total. The van der Waals surface area contributed by atoms with Crippen LogP contribution in [0.15, 0.2) is 0 Å². The minimum Gasteiger partial charge on any atom is -0.380 e. The van der Waals surface area contributed by atoms with Gasteiger partial charge in [-0.25, -0.2) is 0 Å². The molecule has 0 fully saturated rings. The number of nitrogens with two attached hydrogens (primary N) is 1. The van der Waals surface area contributed by atoms with Gasteiger partial charge in [0.1, 0.15) is 6.61 Å². The summed E-state index contributed by atoms with van der Waals surface area (Å²) in [6, 6.07) is 0. The number of hydrogen-bond donors (Lipinski definition) is 1. The monoisotopic (exact) mass is 157 g/mol. The summed E-state index contributed by atoms with van der Waals surface area (Å²) in [6.45, 7) is 2.94. The van der Waals surface area contributed by atoms with E-state index in [0.29, 0.717) is 33.0 Å². The summed E-state index contributed by atoms with van der Waals surface area (Å²) < 4.78 is 10.1. The van der Waals surface area contributed by atoms with E-state index in [4.69, 9.17) is 21.6 Å². The molecule has 0 heterocycles. The van der Waals surface area contributed by atoms with E-state index in [9.17, 15) is 0 Å². The number of hydrogen-bond acceptors (Lipinski definition) is 3. The van der Waals surface area contributed by atoms with Crippen molar-refractivity contribution >= 4 is 0 Å². The molecule has 3 heteroatoms. The third kappa shape index (κ3) is 9.44. The summed E-state index contributed by atoms with van der Waals surface area (Å²) in [7, 11) is 0. The van der Waals surface area contributed by atoms with Crippen LogP contribution in [-0.2, 0) is 9.47 Å². The second kappa shape index (κ2) is 9.44. The van der Waals surface area contributed by atoms with E-state index in [1.165, 1.54) is 0 Å². The summed E-state index contributed by atoms with van der Waals surface area (Å²) in [5.74, 6) is 2.39. The minimum absolute atomic E-state index is 0.386. The van der Waals surface area contributed by atoms with E-state index in [1.807, 2.05) is 0 Å². The van der Waals surface area contributed by atoms with Crippen molar-refractivity contribution in [1.82, 2.24) is 0 Å².